The van der Waals surface area contributed by atoms with Crippen LogP contribution in [0, 0.1) is 0 Å². The van der Waals surface area contributed by atoms with Crippen LogP contribution >= 0.6 is 0 Å². The van der Waals surface area contributed by atoms with Crippen LogP contribution in [-0.4, -0.2) is 31.4 Å². The largest absolute Gasteiger partial charge is 0.328 e. The Morgan fingerprint density at radius 1 is 1.19 bits per heavy atom. The molecule has 0 unspecified atom stereocenters. The maximum atomic E-state index is 12.8. The Hall–Kier alpha value is -0.910. The van der Waals surface area contributed by atoms with E-state index in [4.69, 9.17) is 5.73 Å². The summed E-state index contributed by atoms with van der Waals surface area (Å²) in [5, 5.41) is 0. The minimum absolute atomic E-state index is 0.0213. The zero-order valence-corrected chi connectivity index (χ0v) is 14.2. The molecule has 0 spiro atoms. The molecule has 1 saturated heterocycles. The van der Waals surface area contributed by atoms with E-state index in [1.54, 1.807) is 16.4 Å². The molecule has 1 aliphatic rings. The summed E-state index contributed by atoms with van der Waals surface area (Å²) in [5.41, 5.74) is 7.07. The van der Waals surface area contributed by atoms with Crippen molar-refractivity contribution >= 4 is 10.0 Å². The van der Waals surface area contributed by atoms with Gasteiger partial charge in [-0.05, 0) is 42.9 Å². The lowest BCUT2D eigenvalue weighted by Crippen LogP contribution is -2.48. The van der Waals surface area contributed by atoms with Crippen molar-refractivity contribution in [1.29, 1.82) is 0 Å². The lowest BCUT2D eigenvalue weighted by molar-refractivity contribution is 0.247. The topological polar surface area (TPSA) is 63.4 Å². The van der Waals surface area contributed by atoms with Crippen molar-refractivity contribution in [1.82, 2.24) is 4.31 Å². The van der Waals surface area contributed by atoms with Crippen LogP contribution in [0.2, 0.25) is 0 Å². The van der Waals surface area contributed by atoms with Gasteiger partial charge in [-0.2, -0.15) is 4.31 Å². The SMILES string of the molecule is C[C@@H]1C[C@@H](N)CCN1S(=O)(=O)c1ccc(C(C)(C)C)cc1. The highest BCUT2D eigenvalue weighted by Crippen LogP contribution is 2.27. The molecule has 21 heavy (non-hydrogen) atoms. The number of hydrogen-bond donors (Lipinski definition) is 1. The van der Waals surface area contributed by atoms with Gasteiger partial charge in [-0.1, -0.05) is 32.9 Å². The molecule has 1 aliphatic heterocycles. The second-order valence-electron chi connectivity index (χ2n) is 7.02. The molecule has 1 aromatic carbocycles. The molecular weight excluding hydrogens is 284 g/mol. The van der Waals surface area contributed by atoms with Crippen molar-refractivity contribution in [2.75, 3.05) is 6.54 Å². The Kier molecular flexibility index (Phi) is 4.47. The number of rotatable bonds is 2. The van der Waals surface area contributed by atoms with Gasteiger partial charge in [-0.25, -0.2) is 8.42 Å². The van der Waals surface area contributed by atoms with Gasteiger partial charge >= 0.3 is 0 Å². The van der Waals surface area contributed by atoms with Gasteiger partial charge in [0.1, 0.15) is 0 Å². The van der Waals surface area contributed by atoms with Crippen molar-refractivity contribution in [3.8, 4) is 0 Å². The molecular formula is C16H26N2O2S. The summed E-state index contributed by atoms with van der Waals surface area (Å²) in [6.07, 6.45) is 1.45. The molecule has 4 nitrogen and oxygen atoms in total. The Morgan fingerprint density at radius 3 is 2.24 bits per heavy atom. The van der Waals surface area contributed by atoms with Gasteiger partial charge < -0.3 is 5.73 Å². The van der Waals surface area contributed by atoms with Crippen LogP contribution in [0.25, 0.3) is 0 Å². The maximum absolute atomic E-state index is 12.8. The van der Waals surface area contributed by atoms with E-state index in [2.05, 4.69) is 20.8 Å². The molecule has 0 amide bonds. The van der Waals surface area contributed by atoms with Crippen LogP contribution < -0.4 is 5.73 Å². The van der Waals surface area contributed by atoms with E-state index in [1.807, 2.05) is 19.1 Å². The smallest absolute Gasteiger partial charge is 0.243 e. The Bertz CT molecular complexity index is 588. The fourth-order valence-corrected chi connectivity index (χ4v) is 4.46. The van der Waals surface area contributed by atoms with Crippen LogP contribution in [0.3, 0.4) is 0 Å². The highest BCUT2D eigenvalue weighted by atomic mass is 32.2. The van der Waals surface area contributed by atoms with Gasteiger partial charge in [-0.15, -0.1) is 0 Å². The first kappa shape index (κ1) is 16.5. The maximum Gasteiger partial charge on any atom is 0.243 e. The molecule has 1 fully saturated rings. The standard InChI is InChI=1S/C16H26N2O2S/c1-12-11-14(17)9-10-18(12)21(19,20)15-7-5-13(6-8-15)16(2,3)4/h5-8,12,14H,9-11,17H2,1-4H3/t12-,14+/m1/s1. The second kappa shape index (κ2) is 5.71. The fourth-order valence-electron chi connectivity index (χ4n) is 2.81. The summed E-state index contributed by atoms with van der Waals surface area (Å²) in [7, 11) is -3.42. The van der Waals surface area contributed by atoms with Gasteiger partial charge in [0.25, 0.3) is 0 Å². The first-order valence-corrected chi connectivity index (χ1v) is 8.94. The molecule has 0 aromatic heterocycles. The number of piperidine rings is 1. The van der Waals surface area contributed by atoms with Crippen LogP contribution in [-0.2, 0) is 15.4 Å². The van der Waals surface area contributed by atoms with Crippen LogP contribution in [0.15, 0.2) is 29.2 Å². The lowest BCUT2D eigenvalue weighted by Gasteiger charge is -2.35. The monoisotopic (exact) mass is 310 g/mol. The first-order valence-electron chi connectivity index (χ1n) is 7.50. The average Bonchev–Trinajstić information content (AvgIpc) is 2.37. The molecule has 0 aliphatic carbocycles. The first-order chi connectivity index (χ1) is 9.62. The zero-order chi connectivity index (χ0) is 15.8. The summed E-state index contributed by atoms with van der Waals surface area (Å²) < 4.78 is 27.1. The van der Waals surface area contributed by atoms with Gasteiger partial charge in [0.15, 0.2) is 0 Å². The average molecular weight is 310 g/mol. The van der Waals surface area contributed by atoms with Crippen LogP contribution in [0.1, 0.15) is 46.1 Å². The molecule has 0 saturated carbocycles. The van der Waals surface area contributed by atoms with E-state index in [0.717, 1.165) is 18.4 Å². The van der Waals surface area contributed by atoms with E-state index < -0.39 is 10.0 Å². The van der Waals surface area contributed by atoms with Crippen molar-refractivity contribution in [2.45, 2.75) is 62.9 Å². The van der Waals surface area contributed by atoms with E-state index in [0.29, 0.717) is 11.4 Å². The van der Waals surface area contributed by atoms with E-state index in [1.165, 1.54) is 0 Å². The molecule has 0 bridgehead atoms. The lowest BCUT2D eigenvalue weighted by atomic mass is 9.87. The predicted molar refractivity (Wildman–Crippen MR) is 85.7 cm³/mol. The summed E-state index contributed by atoms with van der Waals surface area (Å²) in [4.78, 5) is 0.373. The van der Waals surface area contributed by atoms with Crippen molar-refractivity contribution in [2.24, 2.45) is 5.73 Å². The highest BCUT2D eigenvalue weighted by molar-refractivity contribution is 7.89. The van der Waals surface area contributed by atoms with Gasteiger partial charge in [0.05, 0.1) is 4.90 Å². The predicted octanol–water partition coefficient (Wildman–Crippen LogP) is 2.48. The second-order valence-corrected chi connectivity index (χ2v) is 8.91. The third kappa shape index (κ3) is 3.47. The molecule has 2 N–H and O–H groups in total. The van der Waals surface area contributed by atoms with Gasteiger partial charge in [0, 0.05) is 18.6 Å². The molecule has 5 heteroatoms. The van der Waals surface area contributed by atoms with E-state index in [-0.39, 0.29) is 17.5 Å². The molecule has 118 valence electrons. The van der Waals surface area contributed by atoms with Gasteiger partial charge in [-0.3, -0.25) is 0 Å². The molecule has 1 heterocycles. The van der Waals surface area contributed by atoms with Crippen LogP contribution in [0.5, 0.6) is 0 Å². The van der Waals surface area contributed by atoms with Gasteiger partial charge in [0.2, 0.25) is 10.0 Å². The summed E-state index contributed by atoms with van der Waals surface area (Å²) in [6.45, 7) is 8.78. The van der Waals surface area contributed by atoms with E-state index in [9.17, 15) is 8.42 Å². The number of sulfonamides is 1. The number of hydrogen-bond acceptors (Lipinski definition) is 3. The Morgan fingerprint density at radius 2 is 1.76 bits per heavy atom. The molecule has 1 aromatic rings. The number of nitrogens with zero attached hydrogens (tertiary/aromatic N) is 1. The fraction of sp³-hybridized carbons (Fsp3) is 0.625. The summed E-state index contributed by atoms with van der Waals surface area (Å²) >= 11 is 0. The minimum Gasteiger partial charge on any atom is -0.328 e. The molecule has 2 rings (SSSR count). The third-order valence-electron chi connectivity index (χ3n) is 4.18. The minimum atomic E-state index is -3.42. The Labute approximate surface area is 128 Å². The molecule has 0 radical (unpaired) electrons. The van der Waals surface area contributed by atoms with Crippen molar-refractivity contribution < 1.29 is 8.42 Å². The summed E-state index contributed by atoms with van der Waals surface area (Å²) in [5.74, 6) is 0. The number of benzene rings is 1. The Balaban J connectivity index is 2.28. The van der Waals surface area contributed by atoms with E-state index >= 15 is 0 Å². The van der Waals surface area contributed by atoms with Crippen molar-refractivity contribution in [3.63, 3.8) is 0 Å². The van der Waals surface area contributed by atoms with Crippen LogP contribution in [0.4, 0.5) is 0 Å². The zero-order valence-electron chi connectivity index (χ0n) is 13.3. The normalized spacial score (nSPS) is 25.0. The van der Waals surface area contributed by atoms with Crippen molar-refractivity contribution in [3.05, 3.63) is 29.8 Å². The quantitative estimate of drug-likeness (QED) is 0.913. The summed E-state index contributed by atoms with van der Waals surface area (Å²) in [6, 6.07) is 7.32. The third-order valence-corrected chi connectivity index (χ3v) is 6.21. The number of nitrogens with two attached hydrogens (primary N) is 1. The molecule has 2 atom stereocenters. The highest BCUT2D eigenvalue weighted by Gasteiger charge is 2.33.